The number of thioether (sulfide) groups is 1. The van der Waals surface area contributed by atoms with E-state index in [4.69, 9.17) is 14.2 Å². The number of nitrogens with one attached hydrogen (secondary N) is 1. The van der Waals surface area contributed by atoms with Crippen LogP contribution >= 0.6 is 11.8 Å². The molecule has 2 aliphatic heterocycles. The number of allylic oxidation sites excluding steroid dienone is 1. The average molecular weight is 520 g/mol. The summed E-state index contributed by atoms with van der Waals surface area (Å²) < 4.78 is 16.7. The molecule has 0 unspecified atom stereocenters. The minimum absolute atomic E-state index is 0.0630. The minimum Gasteiger partial charge on any atom is -0.493 e. The molecule has 0 spiro atoms. The number of carbonyl (C=O) groups is 2. The van der Waals surface area contributed by atoms with Crippen LogP contribution in [0.2, 0.25) is 0 Å². The van der Waals surface area contributed by atoms with Gasteiger partial charge in [0.15, 0.2) is 16.7 Å². The number of fused-ring (bicyclic) bond motifs is 1. The van der Waals surface area contributed by atoms with E-state index in [1.54, 1.807) is 27.2 Å². The van der Waals surface area contributed by atoms with E-state index in [9.17, 15) is 9.59 Å². The molecule has 1 amide bonds. The van der Waals surface area contributed by atoms with Crippen molar-refractivity contribution < 1.29 is 23.8 Å². The number of esters is 1. The fourth-order valence-corrected chi connectivity index (χ4v) is 5.25. The van der Waals surface area contributed by atoms with Gasteiger partial charge in [-0.25, -0.2) is 9.79 Å². The molecule has 0 fully saturated rings. The summed E-state index contributed by atoms with van der Waals surface area (Å²) in [6, 6.07) is 14.6. The standard InChI is InChI=1S/C28H29N3O5S/c1-5-14-36-27(33)24-18(2)30-28-31(25(24)21-12-9-13-22(34-3)26(21)35-4)20(17-37-28)15-23(32)29-16-19-10-7-6-8-11-19/h5-13,17,25H,1,14-16H2,2-4H3,(H,29,32)/t25-/m0/s1. The summed E-state index contributed by atoms with van der Waals surface area (Å²) in [4.78, 5) is 32.8. The van der Waals surface area contributed by atoms with Gasteiger partial charge < -0.3 is 24.4 Å². The molecule has 2 aromatic carbocycles. The van der Waals surface area contributed by atoms with Crippen molar-refractivity contribution in [3.63, 3.8) is 0 Å². The molecule has 8 nitrogen and oxygen atoms in total. The van der Waals surface area contributed by atoms with Crippen LogP contribution in [0.4, 0.5) is 0 Å². The fraction of sp³-hybridized carbons (Fsp3) is 0.250. The zero-order chi connectivity index (χ0) is 26.4. The van der Waals surface area contributed by atoms with Crippen molar-refractivity contribution in [1.82, 2.24) is 10.2 Å². The first kappa shape index (κ1) is 26.1. The number of aliphatic imine (C=N–C) groups is 1. The zero-order valence-corrected chi connectivity index (χ0v) is 21.8. The molecule has 0 saturated heterocycles. The molecule has 1 N–H and O–H groups in total. The molecule has 0 saturated carbocycles. The van der Waals surface area contributed by atoms with Gasteiger partial charge >= 0.3 is 5.97 Å². The zero-order valence-electron chi connectivity index (χ0n) is 21.0. The Kier molecular flexibility index (Phi) is 8.35. The molecule has 9 heteroatoms. The van der Waals surface area contributed by atoms with E-state index in [0.29, 0.717) is 45.7 Å². The summed E-state index contributed by atoms with van der Waals surface area (Å²) in [5, 5.41) is 5.53. The van der Waals surface area contributed by atoms with Gasteiger partial charge in [-0.3, -0.25) is 4.79 Å². The van der Waals surface area contributed by atoms with E-state index in [2.05, 4.69) is 16.9 Å². The van der Waals surface area contributed by atoms with Gasteiger partial charge in [-0.1, -0.05) is 66.9 Å². The number of carbonyl (C=O) groups excluding carboxylic acids is 2. The van der Waals surface area contributed by atoms with Crippen LogP contribution in [0.1, 0.15) is 30.5 Å². The molecule has 0 aromatic heterocycles. The van der Waals surface area contributed by atoms with Crippen LogP contribution in [0, 0.1) is 0 Å². The largest absolute Gasteiger partial charge is 0.493 e. The van der Waals surface area contributed by atoms with Gasteiger partial charge in [0, 0.05) is 17.8 Å². The summed E-state index contributed by atoms with van der Waals surface area (Å²) in [6.07, 6.45) is 1.62. The lowest BCUT2D eigenvalue weighted by atomic mass is 9.92. The van der Waals surface area contributed by atoms with Crippen LogP contribution in [0.3, 0.4) is 0 Å². The number of amidine groups is 1. The van der Waals surface area contributed by atoms with E-state index in [0.717, 1.165) is 5.56 Å². The quantitative estimate of drug-likeness (QED) is 0.359. The van der Waals surface area contributed by atoms with Crippen LogP contribution in [0.15, 0.2) is 88.6 Å². The number of rotatable bonds is 10. The Morgan fingerprint density at radius 3 is 2.62 bits per heavy atom. The molecular weight excluding hydrogens is 490 g/mol. The highest BCUT2D eigenvalue weighted by atomic mass is 32.2. The van der Waals surface area contributed by atoms with Gasteiger partial charge in [0.2, 0.25) is 5.91 Å². The molecule has 4 rings (SSSR count). The van der Waals surface area contributed by atoms with E-state index < -0.39 is 12.0 Å². The molecular formula is C28H29N3O5S. The second-order valence-corrected chi connectivity index (χ2v) is 9.14. The number of ether oxygens (including phenoxy) is 3. The Bertz CT molecular complexity index is 1290. The maximum absolute atomic E-state index is 13.3. The van der Waals surface area contributed by atoms with E-state index in [-0.39, 0.29) is 18.9 Å². The van der Waals surface area contributed by atoms with Crippen LogP contribution in [-0.4, -0.2) is 42.8 Å². The van der Waals surface area contributed by atoms with Crippen LogP contribution in [-0.2, 0) is 20.9 Å². The molecule has 0 aliphatic carbocycles. The SMILES string of the molecule is C=CCOC(=O)C1=C(C)N=C2SC=C(CC(=O)NCc3ccccc3)N2[C@H]1c1cccc(OC)c1OC. The summed E-state index contributed by atoms with van der Waals surface area (Å²) in [5.41, 5.74) is 3.31. The molecule has 1 atom stereocenters. The number of para-hydroxylation sites is 1. The molecule has 0 bridgehead atoms. The number of methoxy groups -OCH3 is 2. The summed E-state index contributed by atoms with van der Waals surface area (Å²) >= 11 is 1.41. The van der Waals surface area contributed by atoms with Crippen molar-refractivity contribution in [3.8, 4) is 11.5 Å². The van der Waals surface area contributed by atoms with Crippen LogP contribution in [0.25, 0.3) is 0 Å². The molecule has 2 heterocycles. The number of hydrogen-bond acceptors (Lipinski definition) is 8. The summed E-state index contributed by atoms with van der Waals surface area (Å²) in [5.74, 6) is 0.358. The maximum atomic E-state index is 13.3. The summed E-state index contributed by atoms with van der Waals surface area (Å²) in [6.45, 7) is 5.90. The second-order valence-electron chi connectivity index (χ2n) is 8.30. The van der Waals surface area contributed by atoms with Gasteiger partial charge in [0.05, 0.1) is 38.0 Å². The lowest BCUT2D eigenvalue weighted by molar-refractivity contribution is -0.138. The first-order valence-electron chi connectivity index (χ1n) is 11.7. The molecule has 2 aliphatic rings. The van der Waals surface area contributed by atoms with Gasteiger partial charge in [-0.05, 0) is 24.0 Å². The van der Waals surface area contributed by atoms with Crippen molar-refractivity contribution in [1.29, 1.82) is 0 Å². The van der Waals surface area contributed by atoms with Crippen LogP contribution < -0.4 is 14.8 Å². The van der Waals surface area contributed by atoms with E-state index in [1.807, 2.05) is 52.8 Å². The Hall–Kier alpha value is -3.98. The Labute approximate surface area is 220 Å². The first-order chi connectivity index (χ1) is 18.0. The third-order valence-electron chi connectivity index (χ3n) is 5.96. The van der Waals surface area contributed by atoms with Crippen molar-refractivity contribution in [2.75, 3.05) is 20.8 Å². The average Bonchev–Trinajstić information content (AvgIpc) is 3.31. The van der Waals surface area contributed by atoms with Crippen LogP contribution in [0.5, 0.6) is 11.5 Å². The van der Waals surface area contributed by atoms with Gasteiger partial charge in [-0.2, -0.15) is 0 Å². The highest BCUT2D eigenvalue weighted by molar-refractivity contribution is 8.16. The second kappa shape index (κ2) is 11.8. The summed E-state index contributed by atoms with van der Waals surface area (Å²) in [7, 11) is 3.11. The smallest absolute Gasteiger partial charge is 0.338 e. The molecule has 0 radical (unpaired) electrons. The first-order valence-corrected chi connectivity index (χ1v) is 12.6. The predicted molar refractivity (Wildman–Crippen MR) is 144 cm³/mol. The minimum atomic E-state index is -0.641. The highest BCUT2D eigenvalue weighted by Gasteiger charge is 2.42. The fourth-order valence-electron chi connectivity index (χ4n) is 4.29. The Morgan fingerprint density at radius 1 is 1.14 bits per heavy atom. The van der Waals surface area contributed by atoms with Gasteiger partial charge in [0.1, 0.15) is 6.61 Å². The van der Waals surface area contributed by atoms with E-state index >= 15 is 0 Å². The maximum Gasteiger partial charge on any atom is 0.338 e. The third kappa shape index (κ3) is 5.56. The number of benzene rings is 2. The highest BCUT2D eigenvalue weighted by Crippen LogP contribution is 2.48. The molecule has 192 valence electrons. The van der Waals surface area contributed by atoms with Gasteiger partial charge in [-0.15, -0.1) is 0 Å². The van der Waals surface area contributed by atoms with Crippen molar-refractivity contribution >= 4 is 28.8 Å². The number of amides is 1. The third-order valence-corrected chi connectivity index (χ3v) is 6.84. The predicted octanol–water partition coefficient (Wildman–Crippen LogP) is 4.71. The lowest BCUT2D eigenvalue weighted by Crippen LogP contribution is -2.38. The van der Waals surface area contributed by atoms with Gasteiger partial charge in [0.25, 0.3) is 0 Å². The normalized spacial score (nSPS) is 16.4. The molecule has 37 heavy (non-hydrogen) atoms. The lowest BCUT2D eigenvalue weighted by Gasteiger charge is -2.37. The monoisotopic (exact) mass is 519 g/mol. The number of hydrogen-bond donors (Lipinski definition) is 1. The Balaban J connectivity index is 1.69. The molecule has 2 aromatic rings. The Morgan fingerprint density at radius 2 is 1.92 bits per heavy atom. The van der Waals surface area contributed by atoms with Crippen molar-refractivity contribution in [2.45, 2.75) is 25.9 Å². The topological polar surface area (TPSA) is 89.5 Å². The van der Waals surface area contributed by atoms with Crippen molar-refractivity contribution in [3.05, 3.63) is 94.7 Å². The van der Waals surface area contributed by atoms with E-state index in [1.165, 1.54) is 17.8 Å². The van der Waals surface area contributed by atoms with Crippen molar-refractivity contribution in [2.24, 2.45) is 4.99 Å². The number of nitrogens with zero attached hydrogens (tertiary/aromatic N) is 2.